The number of fused-ring (bicyclic) bond motifs is 2. The van der Waals surface area contributed by atoms with E-state index < -0.39 is 0 Å². The van der Waals surface area contributed by atoms with Crippen molar-refractivity contribution in [1.29, 1.82) is 0 Å². The molecule has 31 heavy (non-hydrogen) atoms. The molecular weight excluding hydrogens is 384 g/mol. The molecule has 0 spiro atoms. The van der Waals surface area contributed by atoms with Gasteiger partial charge in [-0.15, -0.1) is 0 Å². The number of hydrogen-bond acceptors (Lipinski definition) is 3. The first-order chi connectivity index (χ1) is 15.0. The van der Waals surface area contributed by atoms with Gasteiger partial charge in [-0.3, -0.25) is 9.79 Å². The molecule has 0 amide bonds. The number of hydrogen-bond donors (Lipinski definition) is 0. The molecule has 0 saturated carbocycles. The zero-order chi connectivity index (χ0) is 21.5. The highest BCUT2D eigenvalue weighted by Gasteiger charge is 2.27. The van der Waals surface area contributed by atoms with Gasteiger partial charge in [0, 0.05) is 54.1 Å². The maximum absolute atomic E-state index is 11.8. The molecular formula is C26H22N4O. The Morgan fingerprint density at radius 3 is 2.55 bits per heavy atom. The van der Waals surface area contributed by atoms with Crippen LogP contribution in [-0.2, 0) is 7.05 Å². The molecule has 5 nitrogen and oxygen atoms in total. The van der Waals surface area contributed by atoms with Gasteiger partial charge in [0.1, 0.15) is 0 Å². The lowest BCUT2D eigenvalue weighted by Gasteiger charge is -2.27. The predicted molar refractivity (Wildman–Crippen MR) is 126 cm³/mol. The van der Waals surface area contributed by atoms with Gasteiger partial charge < -0.3 is 9.47 Å². The monoisotopic (exact) mass is 406 g/mol. The van der Waals surface area contributed by atoms with Gasteiger partial charge in [-0.2, -0.15) is 0 Å². The molecule has 0 fully saturated rings. The van der Waals surface area contributed by atoms with Crippen molar-refractivity contribution in [1.82, 2.24) is 4.57 Å². The molecule has 2 aliphatic rings. The second-order valence-electron chi connectivity index (χ2n) is 8.01. The summed E-state index contributed by atoms with van der Waals surface area (Å²) >= 11 is 0. The van der Waals surface area contributed by atoms with E-state index in [1.165, 1.54) is 16.7 Å². The Labute approximate surface area is 181 Å². The van der Waals surface area contributed by atoms with Gasteiger partial charge in [0.25, 0.3) is 0 Å². The number of pyridine rings is 1. The van der Waals surface area contributed by atoms with Crippen molar-refractivity contribution < 1.29 is 0 Å². The molecule has 5 heteroatoms. The average Bonchev–Trinajstić information content (AvgIpc) is 3.07. The van der Waals surface area contributed by atoms with Crippen LogP contribution >= 0.6 is 0 Å². The Morgan fingerprint density at radius 2 is 1.81 bits per heavy atom. The molecule has 2 aliphatic heterocycles. The number of anilines is 2. The maximum Gasteiger partial charge on any atom is 0.250 e. The molecule has 0 N–H and O–H groups in total. The number of aryl methyl sites for hydroxylation is 1. The Morgan fingerprint density at radius 1 is 1.03 bits per heavy atom. The van der Waals surface area contributed by atoms with Crippen LogP contribution in [0.2, 0.25) is 0 Å². The highest BCUT2D eigenvalue weighted by atomic mass is 16.1. The lowest BCUT2D eigenvalue weighted by atomic mass is 9.94. The van der Waals surface area contributed by atoms with Crippen molar-refractivity contribution in [2.45, 2.75) is 13.3 Å². The third-order valence-electron chi connectivity index (χ3n) is 6.13. The van der Waals surface area contributed by atoms with Crippen LogP contribution in [0.3, 0.4) is 0 Å². The average molecular weight is 406 g/mol. The van der Waals surface area contributed by atoms with E-state index >= 15 is 0 Å². The third kappa shape index (κ3) is 3.27. The molecule has 5 rings (SSSR count). The van der Waals surface area contributed by atoms with Gasteiger partial charge in [-0.1, -0.05) is 24.3 Å². The Kier molecular flexibility index (Phi) is 4.56. The van der Waals surface area contributed by atoms with Crippen LogP contribution in [0.15, 0.2) is 76.2 Å². The predicted octanol–water partition coefficient (Wildman–Crippen LogP) is 5.37. The maximum atomic E-state index is 11.8. The fourth-order valence-electron chi connectivity index (χ4n) is 4.47. The first-order valence-corrected chi connectivity index (χ1v) is 10.3. The summed E-state index contributed by atoms with van der Waals surface area (Å²) in [4.78, 5) is 22.4. The SMILES string of the molecule is [C-]#[N+]c1ccc(N2CCC3=C(C(C)=NC3)c3ccc(-c4ccc(=O)n(C)c4)cc32)cc1. The number of benzene rings is 2. The summed E-state index contributed by atoms with van der Waals surface area (Å²) in [5.41, 5.74) is 9.82. The third-order valence-corrected chi connectivity index (χ3v) is 6.13. The normalized spacial score (nSPS) is 15.1. The highest BCUT2D eigenvalue weighted by molar-refractivity contribution is 6.27. The van der Waals surface area contributed by atoms with E-state index in [9.17, 15) is 4.79 Å². The van der Waals surface area contributed by atoms with Crippen LogP contribution < -0.4 is 10.5 Å². The van der Waals surface area contributed by atoms with Crippen LogP contribution in [0.25, 0.3) is 21.5 Å². The lowest BCUT2D eigenvalue weighted by molar-refractivity contribution is 0.862. The van der Waals surface area contributed by atoms with Gasteiger partial charge in [-0.25, -0.2) is 4.85 Å². The van der Waals surface area contributed by atoms with Gasteiger partial charge in [0.05, 0.1) is 13.1 Å². The molecule has 0 aliphatic carbocycles. The van der Waals surface area contributed by atoms with E-state index in [0.717, 1.165) is 47.7 Å². The Balaban J connectivity index is 1.69. The van der Waals surface area contributed by atoms with E-state index in [1.807, 2.05) is 36.5 Å². The minimum absolute atomic E-state index is 0.0207. The number of allylic oxidation sites excluding steroid dienone is 1. The van der Waals surface area contributed by atoms with Crippen LogP contribution in [0.5, 0.6) is 0 Å². The summed E-state index contributed by atoms with van der Waals surface area (Å²) in [5, 5.41) is 0. The molecule has 152 valence electrons. The quantitative estimate of drug-likeness (QED) is 0.537. The van der Waals surface area contributed by atoms with Gasteiger partial charge in [-0.05, 0) is 54.3 Å². The second-order valence-corrected chi connectivity index (χ2v) is 8.01. The fraction of sp³-hybridized carbons (Fsp3) is 0.192. The van der Waals surface area contributed by atoms with Crippen molar-refractivity contribution in [2.75, 3.05) is 18.0 Å². The summed E-state index contributed by atoms with van der Waals surface area (Å²) < 4.78 is 1.61. The van der Waals surface area contributed by atoms with E-state index in [4.69, 9.17) is 11.6 Å². The molecule has 1 aromatic heterocycles. The van der Waals surface area contributed by atoms with E-state index in [2.05, 4.69) is 34.9 Å². The van der Waals surface area contributed by atoms with E-state index in [-0.39, 0.29) is 5.56 Å². The molecule has 0 atom stereocenters. The summed E-state index contributed by atoms with van der Waals surface area (Å²) in [6.07, 6.45) is 2.83. The van der Waals surface area contributed by atoms with Crippen molar-refractivity contribution >= 4 is 28.3 Å². The standard InChI is InChI=1S/C26H22N4O/c1-17-26-19(15-28-17)12-13-30(22-8-6-21(27-2)7-9-22)24-14-18(4-10-23(24)26)20-5-11-25(31)29(3)16-20/h4-11,14,16H,12-13,15H2,1,3H3. The summed E-state index contributed by atoms with van der Waals surface area (Å²) in [5.74, 6) is 0. The summed E-state index contributed by atoms with van der Waals surface area (Å²) in [6, 6.07) is 17.8. The number of nitrogens with zero attached hydrogens (tertiary/aromatic N) is 4. The van der Waals surface area contributed by atoms with E-state index in [0.29, 0.717) is 5.69 Å². The topological polar surface area (TPSA) is 42.0 Å². The summed E-state index contributed by atoms with van der Waals surface area (Å²) in [7, 11) is 1.77. The number of aliphatic imine (C=N–C) groups is 1. The van der Waals surface area contributed by atoms with Crippen molar-refractivity contribution in [3.05, 3.63) is 93.7 Å². The number of rotatable bonds is 2. The van der Waals surface area contributed by atoms with Gasteiger partial charge in [0.2, 0.25) is 5.56 Å². The zero-order valence-electron chi connectivity index (χ0n) is 17.6. The largest absolute Gasteiger partial charge is 0.341 e. The van der Waals surface area contributed by atoms with Crippen LogP contribution in [0.4, 0.5) is 17.1 Å². The molecule has 3 aromatic rings. The highest BCUT2D eigenvalue weighted by Crippen LogP contribution is 2.42. The van der Waals surface area contributed by atoms with Crippen LogP contribution in [-0.4, -0.2) is 23.4 Å². The van der Waals surface area contributed by atoms with Crippen molar-refractivity contribution in [3.63, 3.8) is 0 Å². The van der Waals surface area contributed by atoms with Crippen LogP contribution in [0.1, 0.15) is 18.9 Å². The van der Waals surface area contributed by atoms with Crippen molar-refractivity contribution in [2.24, 2.45) is 12.0 Å². The van der Waals surface area contributed by atoms with E-state index in [1.54, 1.807) is 17.7 Å². The minimum atomic E-state index is -0.0207. The molecule has 0 unspecified atom stereocenters. The number of aromatic nitrogens is 1. The van der Waals surface area contributed by atoms with Gasteiger partial charge in [0.15, 0.2) is 5.69 Å². The smallest absolute Gasteiger partial charge is 0.250 e. The lowest BCUT2D eigenvalue weighted by Crippen LogP contribution is -2.19. The first-order valence-electron chi connectivity index (χ1n) is 10.3. The minimum Gasteiger partial charge on any atom is -0.341 e. The first kappa shape index (κ1) is 19.1. The Bertz CT molecular complexity index is 1350. The molecule has 2 aromatic carbocycles. The van der Waals surface area contributed by atoms with Crippen LogP contribution in [0, 0.1) is 6.57 Å². The molecule has 0 saturated heterocycles. The van der Waals surface area contributed by atoms with Gasteiger partial charge >= 0.3 is 0 Å². The molecule has 0 radical (unpaired) electrons. The zero-order valence-corrected chi connectivity index (χ0v) is 17.6. The second kappa shape index (κ2) is 7.41. The summed E-state index contributed by atoms with van der Waals surface area (Å²) in [6.45, 7) is 11.0. The fourth-order valence-corrected chi connectivity index (χ4v) is 4.47. The molecule has 3 heterocycles. The Hall–Kier alpha value is -3.91. The van der Waals surface area contributed by atoms with Crippen molar-refractivity contribution in [3.8, 4) is 11.1 Å². The molecule has 0 bridgehead atoms.